The van der Waals surface area contributed by atoms with E-state index in [0.717, 1.165) is 36.3 Å². The van der Waals surface area contributed by atoms with Gasteiger partial charge in [-0.3, -0.25) is 4.40 Å². The SMILES string of the molecule is O=C(NCC(F)(F)F)Nc1cccc(-c2cnc3cc(C=NOCCC4CCNCC4)ccn23)c1. The number of halogens is 3. The van der Waals surface area contributed by atoms with Crippen LogP contribution in [0.2, 0.25) is 0 Å². The number of carbonyl (C=O) groups is 1. The fourth-order valence-electron chi connectivity index (χ4n) is 3.94. The largest absolute Gasteiger partial charge is 0.405 e. The van der Waals surface area contributed by atoms with Gasteiger partial charge in [-0.15, -0.1) is 0 Å². The molecule has 2 amide bonds. The minimum atomic E-state index is -4.47. The Bertz CT molecular complexity index is 1170. The van der Waals surface area contributed by atoms with Crippen molar-refractivity contribution in [2.75, 3.05) is 31.6 Å². The van der Waals surface area contributed by atoms with Gasteiger partial charge in [-0.25, -0.2) is 9.78 Å². The van der Waals surface area contributed by atoms with Crippen LogP contribution in [-0.2, 0) is 4.84 Å². The zero-order valence-corrected chi connectivity index (χ0v) is 19.0. The van der Waals surface area contributed by atoms with Crippen LogP contribution in [0.5, 0.6) is 0 Å². The van der Waals surface area contributed by atoms with Gasteiger partial charge in [0.1, 0.15) is 18.8 Å². The number of carbonyl (C=O) groups excluding carboxylic acids is 1. The van der Waals surface area contributed by atoms with E-state index in [0.29, 0.717) is 23.9 Å². The maximum atomic E-state index is 12.3. The summed E-state index contributed by atoms with van der Waals surface area (Å²) in [5, 5.41) is 11.6. The second kappa shape index (κ2) is 11.2. The zero-order valence-electron chi connectivity index (χ0n) is 19.0. The van der Waals surface area contributed by atoms with Gasteiger partial charge in [0.05, 0.1) is 18.1 Å². The molecular weight excluding hydrogens is 461 g/mol. The first-order chi connectivity index (χ1) is 16.9. The molecule has 3 heterocycles. The Morgan fingerprint density at radius 2 is 2.09 bits per heavy atom. The number of nitrogens with one attached hydrogen (secondary N) is 3. The number of piperidine rings is 1. The molecule has 0 saturated carbocycles. The Hall–Kier alpha value is -3.60. The third kappa shape index (κ3) is 7.19. The molecule has 0 aliphatic carbocycles. The highest BCUT2D eigenvalue weighted by Crippen LogP contribution is 2.24. The van der Waals surface area contributed by atoms with E-state index in [4.69, 9.17) is 4.84 Å². The number of hydrogen-bond donors (Lipinski definition) is 3. The lowest BCUT2D eigenvalue weighted by Crippen LogP contribution is -2.36. The summed E-state index contributed by atoms with van der Waals surface area (Å²) in [6.45, 7) is 1.33. The number of imidazole rings is 1. The van der Waals surface area contributed by atoms with E-state index >= 15 is 0 Å². The summed E-state index contributed by atoms with van der Waals surface area (Å²) in [7, 11) is 0. The number of anilines is 1. The first-order valence-electron chi connectivity index (χ1n) is 11.4. The van der Waals surface area contributed by atoms with Crippen molar-refractivity contribution < 1.29 is 22.8 Å². The van der Waals surface area contributed by atoms with E-state index in [1.54, 1.807) is 35.9 Å². The number of oxime groups is 1. The number of amides is 2. The van der Waals surface area contributed by atoms with Crippen molar-refractivity contribution >= 4 is 23.6 Å². The molecule has 11 heteroatoms. The van der Waals surface area contributed by atoms with Crippen LogP contribution in [0.4, 0.5) is 23.7 Å². The van der Waals surface area contributed by atoms with Crippen LogP contribution in [0.25, 0.3) is 16.9 Å². The number of rotatable bonds is 8. The smallest absolute Gasteiger partial charge is 0.396 e. The van der Waals surface area contributed by atoms with Gasteiger partial charge in [-0.1, -0.05) is 17.3 Å². The first kappa shape index (κ1) is 24.5. The predicted molar refractivity (Wildman–Crippen MR) is 127 cm³/mol. The van der Waals surface area contributed by atoms with Crippen molar-refractivity contribution in [2.45, 2.75) is 25.4 Å². The molecule has 4 rings (SSSR count). The van der Waals surface area contributed by atoms with Crippen LogP contribution in [0, 0.1) is 5.92 Å². The lowest BCUT2D eigenvalue weighted by Gasteiger charge is -2.21. The number of benzene rings is 1. The Morgan fingerprint density at radius 3 is 2.89 bits per heavy atom. The van der Waals surface area contributed by atoms with E-state index in [9.17, 15) is 18.0 Å². The lowest BCUT2D eigenvalue weighted by molar-refractivity contribution is -0.122. The quantitative estimate of drug-likeness (QED) is 0.249. The summed E-state index contributed by atoms with van der Waals surface area (Å²) in [6, 6.07) is 9.62. The minimum Gasteiger partial charge on any atom is -0.396 e. The molecule has 0 radical (unpaired) electrons. The predicted octanol–water partition coefficient (Wildman–Crippen LogP) is 4.43. The number of aromatic nitrogens is 2. The Kier molecular flexibility index (Phi) is 7.86. The fraction of sp³-hybridized carbons (Fsp3) is 0.375. The third-order valence-electron chi connectivity index (χ3n) is 5.76. The molecule has 2 aromatic heterocycles. The molecule has 3 N–H and O–H groups in total. The van der Waals surface area contributed by atoms with Gasteiger partial charge >= 0.3 is 12.2 Å². The summed E-state index contributed by atoms with van der Waals surface area (Å²) in [4.78, 5) is 21.6. The lowest BCUT2D eigenvalue weighted by atomic mass is 9.95. The molecule has 0 atom stereocenters. The summed E-state index contributed by atoms with van der Waals surface area (Å²) in [5.74, 6) is 0.689. The highest BCUT2D eigenvalue weighted by atomic mass is 19.4. The Labute approximate surface area is 200 Å². The normalized spacial score (nSPS) is 14.9. The topological polar surface area (TPSA) is 92.0 Å². The third-order valence-corrected chi connectivity index (χ3v) is 5.76. The number of hydrogen-bond acceptors (Lipinski definition) is 5. The molecule has 1 fully saturated rings. The monoisotopic (exact) mass is 488 g/mol. The zero-order chi connectivity index (χ0) is 24.7. The van der Waals surface area contributed by atoms with Crippen LogP contribution in [0.1, 0.15) is 24.8 Å². The van der Waals surface area contributed by atoms with Crippen molar-refractivity contribution in [1.82, 2.24) is 20.0 Å². The van der Waals surface area contributed by atoms with Gasteiger partial charge in [0.2, 0.25) is 0 Å². The standard InChI is InChI=1S/C24H27F3N6O2/c25-24(26,27)16-30-23(34)32-20-3-1-2-19(13-20)21-15-29-22-12-18(6-10-33(21)22)14-31-35-11-7-17-4-8-28-9-5-17/h1-3,6,10,12-15,17,28H,4-5,7-9,11,16H2,(H2,30,32,34). The summed E-state index contributed by atoms with van der Waals surface area (Å²) < 4.78 is 38.7. The van der Waals surface area contributed by atoms with Gasteiger partial charge in [-0.2, -0.15) is 13.2 Å². The number of pyridine rings is 1. The first-order valence-corrected chi connectivity index (χ1v) is 11.4. The van der Waals surface area contributed by atoms with E-state index in [1.165, 1.54) is 12.8 Å². The molecule has 8 nitrogen and oxygen atoms in total. The van der Waals surface area contributed by atoms with Crippen LogP contribution in [-0.4, -0.2) is 54.0 Å². The van der Waals surface area contributed by atoms with E-state index in [-0.39, 0.29) is 0 Å². The van der Waals surface area contributed by atoms with Crippen LogP contribution in [0.3, 0.4) is 0 Å². The molecule has 1 aliphatic rings. The van der Waals surface area contributed by atoms with Gasteiger partial charge in [0.25, 0.3) is 0 Å². The maximum Gasteiger partial charge on any atom is 0.405 e. The van der Waals surface area contributed by atoms with Crippen molar-refractivity contribution in [3.63, 3.8) is 0 Å². The Morgan fingerprint density at radius 1 is 1.26 bits per heavy atom. The van der Waals surface area contributed by atoms with Gasteiger partial charge in [-0.05, 0) is 62.5 Å². The highest BCUT2D eigenvalue weighted by molar-refractivity contribution is 5.90. The molecule has 0 bridgehead atoms. The molecule has 0 unspecified atom stereocenters. The molecule has 1 aromatic carbocycles. The second-order valence-electron chi connectivity index (χ2n) is 8.39. The highest BCUT2D eigenvalue weighted by Gasteiger charge is 2.27. The van der Waals surface area contributed by atoms with Crippen molar-refractivity contribution in [3.8, 4) is 11.3 Å². The Balaban J connectivity index is 1.36. The number of urea groups is 1. The van der Waals surface area contributed by atoms with E-state index in [1.807, 2.05) is 28.8 Å². The van der Waals surface area contributed by atoms with E-state index < -0.39 is 18.8 Å². The van der Waals surface area contributed by atoms with Crippen LogP contribution in [0.15, 0.2) is 53.9 Å². The molecule has 3 aromatic rings. The average Bonchev–Trinajstić information content (AvgIpc) is 3.26. The fourth-order valence-corrected chi connectivity index (χ4v) is 3.94. The maximum absolute atomic E-state index is 12.3. The molecule has 1 aliphatic heterocycles. The number of fused-ring (bicyclic) bond motifs is 1. The number of alkyl halides is 3. The summed E-state index contributed by atoms with van der Waals surface area (Å²) in [6.07, 6.45) is 4.07. The molecule has 186 valence electrons. The average molecular weight is 489 g/mol. The molecule has 1 saturated heterocycles. The van der Waals surface area contributed by atoms with Crippen molar-refractivity contribution in [1.29, 1.82) is 0 Å². The van der Waals surface area contributed by atoms with Gasteiger partial charge in [0, 0.05) is 23.0 Å². The second-order valence-corrected chi connectivity index (χ2v) is 8.39. The summed E-state index contributed by atoms with van der Waals surface area (Å²) >= 11 is 0. The van der Waals surface area contributed by atoms with Gasteiger partial charge < -0.3 is 20.8 Å². The van der Waals surface area contributed by atoms with Crippen LogP contribution < -0.4 is 16.0 Å². The molecular formula is C24H27F3N6O2. The van der Waals surface area contributed by atoms with Crippen LogP contribution >= 0.6 is 0 Å². The molecule has 35 heavy (non-hydrogen) atoms. The summed E-state index contributed by atoms with van der Waals surface area (Å²) in [5.41, 5.74) is 3.41. The van der Waals surface area contributed by atoms with E-state index in [2.05, 4.69) is 20.8 Å². The number of nitrogens with zero attached hydrogens (tertiary/aromatic N) is 3. The van der Waals surface area contributed by atoms with Crippen molar-refractivity contribution in [3.05, 3.63) is 54.4 Å². The van der Waals surface area contributed by atoms with Crippen molar-refractivity contribution in [2.24, 2.45) is 11.1 Å². The van der Waals surface area contributed by atoms with Gasteiger partial charge in [0.15, 0.2) is 0 Å². The minimum absolute atomic E-state index is 0.363. The molecule has 0 spiro atoms.